The van der Waals surface area contributed by atoms with Crippen molar-refractivity contribution in [3.8, 4) is 0 Å². The van der Waals surface area contributed by atoms with Crippen LogP contribution < -0.4 is 16.4 Å². The molecule has 1 aliphatic heterocycles. The van der Waals surface area contributed by atoms with E-state index in [0.717, 1.165) is 5.69 Å². The molecule has 0 spiro atoms. The fourth-order valence-electron chi connectivity index (χ4n) is 1.16. The van der Waals surface area contributed by atoms with Gasteiger partial charge in [-0.15, -0.1) is 0 Å². The van der Waals surface area contributed by atoms with Crippen LogP contribution in [-0.4, -0.2) is 16.1 Å². The summed E-state index contributed by atoms with van der Waals surface area (Å²) in [5.74, 6) is 0.310. The van der Waals surface area contributed by atoms with E-state index in [1.54, 1.807) is 6.20 Å². The maximum absolute atomic E-state index is 5.54. The van der Waals surface area contributed by atoms with Gasteiger partial charge in [0.05, 0.1) is 5.69 Å². The number of hydrogen-bond donors (Lipinski definition) is 3. The summed E-state index contributed by atoms with van der Waals surface area (Å²) in [5.41, 5.74) is 6.33. The number of rotatable bonds is 1. The minimum atomic E-state index is -0.287. The number of aromatic nitrogens is 1. The number of thiocarbonyl (C=S) groups is 1. The molecule has 0 saturated carbocycles. The lowest BCUT2D eigenvalue weighted by Gasteiger charge is -2.22. The van der Waals surface area contributed by atoms with Gasteiger partial charge >= 0.3 is 0 Å². The van der Waals surface area contributed by atoms with Crippen molar-refractivity contribution in [1.29, 1.82) is 0 Å². The molecular formula is C8H9N5S. The first-order chi connectivity index (χ1) is 6.75. The Morgan fingerprint density at radius 2 is 2.29 bits per heavy atom. The Hall–Kier alpha value is -1.69. The van der Waals surface area contributed by atoms with Gasteiger partial charge in [0.2, 0.25) is 0 Å². The molecule has 1 atom stereocenters. The lowest BCUT2D eigenvalue weighted by Crippen LogP contribution is -2.49. The van der Waals surface area contributed by atoms with Gasteiger partial charge in [-0.3, -0.25) is 4.98 Å². The highest BCUT2D eigenvalue weighted by atomic mass is 32.1. The van der Waals surface area contributed by atoms with E-state index in [2.05, 4.69) is 20.6 Å². The van der Waals surface area contributed by atoms with Gasteiger partial charge in [0.1, 0.15) is 0 Å². The number of pyridine rings is 1. The van der Waals surface area contributed by atoms with E-state index < -0.39 is 0 Å². The van der Waals surface area contributed by atoms with Crippen LogP contribution in [0.15, 0.2) is 29.4 Å². The van der Waals surface area contributed by atoms with E-state index in [4.69, 9.17) is 18.0 Å². The summed E-state index contributed by atoms with van der Waals surface area (Å²) >= 11 is 4.95. The summed E-state index contributed by atoms with van der Waals surface area (Å²) in [6.45, 7) is 0. The molecule has 6 heteroatoms. The number of nitrogens with one attached hydrogen (secondary N) is 2. The summed E-state index contributed by atoms with van der Waals surface area (Å²) in [7, 11) is 0. The molecular weight excluding hydrogens is 198 g/mol. The predicted molar refractivity (Wildman–Crippen MR) is 57.5 cm³/mol. The number of nitrogens with zero attached hydrogens (tertiary/aromatic N) is 2. The fraction of sp³-hybridized carbons (Fsp3) is 0.125. The molecule has 0 aliphatic carbocycles. The second-order valence-electron chi connectivity index (χ2n) is 2.77. The zero-order valence-corrected chi connectivity index (χ0v) is 8.08. The Kier molecular flexibility index (Phi) is 2.28. The van der Waals surface area contributed by atoms with Crippen LogP contribution in [0.1, 0.15) is 11.9 Å². The van der Waals surface area contributed by atoms with Crippen LogP contribution in [0.2, 0.25) is 0 Å². The number of guanidine groups is 1. The molecule has 14 heavy (non-hydrogen) atoms. The molecule has 0 bridgehead atoms. The Morgan fingerprint density at radius 3 is 2.93 bits per heavy atom. The highest BCUT2D eigenvalue weighted by Gasteiger charge is 2.17. The molecule has 2 rings (SSSR count). The van der Waals surface area contributed by atoms with Crippen molar-refractivity contribution >= 4 is 23.3 Å². The normalized spacial score (nSPS) is 20.7. The summed E-state index contributed by atoms with van der Waals surface area (Å²) in [6, 6.07) is 5.60. The SMILES string of the molecule is NC1=N[C@@H](c2ccccn2)NC(=S)N1. The van der Waals surface area contributed by atoms with Gasteiger partial charge in [0.25, 0.3) is 0 Å². The van der Waals surface area contributed by atoms with E-state index in [0.29, 0.717) is 11.1 Å². The van der Waals surface area contributed by atoms with Crippen molar-refractivity contribution in [3.05, 3.63) is 30.1 Å². The van der Waals surface area contributed by atoms with E-state index in [9.17, 15) is 0 Å². The van der Waals surface area contributed by atoms with Crippen LogP contribution in [0.3, 0.4) is 0 Å². The second-order valence-corrected chi connectivity index (χ2v) is 3.18. The Balaban J connectivity index is 2.28. The number of hydrogen-bond acceptors (Lipinski definition) is 4. The van der Waals surface area contributed by atoms with Crippen LogP contribution in [0.25, 0.3) is 0 Å². The summed E-state index contributed by atoms with van der Waals surface area (Å²) in [4.78, 5) is 8.28. The standard InChI is InChI=1S/C8H9N5S/c9-7-11-6(12-8(14)13-7)5-3-1-2-4-10-5/h1-4,6H,(H4,9,11,12,13,14)/t6-/m1/s1. The molecule has 0 unspecified atom stereocenters. The molecule has 0 fully saturated rings. The van der Waals surface area contributed by atoms with Gasteiger partial charge < -0.3 is 16.4 Å². The van der Waals surface area contributed by atoms with Gasteiger partial charge in [-0.05, 0) is 24.4 Å². The molecule has 1 aliphatic rings. The average molecular weight is 207 g/mol. The van der Waals surface area contributed by atoms with E-state index >= 15 is 0 Å². The Bertz CT molecular complexity index is 375. The highest BCUT2D eigenvalue weighted by Crippen LogP contribution is 2.12. The fourth-order valence-corrected chi connectivity index (χ4v) is 1.37. The lowest BCUT2D eigenvalue weighted by atomic mass is 10.3. The molecule has 0 saturated heterocycles. The van der Waals surface area contributed by atoms with Gasteiger partial charge in [-0.1, -0.05) is 6.07 Å². The molecule has 0 aromatic carbocycles. The van der Waals surface area contributed by atoms with Crippen molar-refractivity contribution < 1.29 is 0 Å². The van der Waals surface area contributed by atoms with Gasteiger partial charge in [0.15, 0.2) is 17.2 Å². The number of nitrogens with two attached hydrogens (primary N) is 1. The molecule has 1 aromatic rings. The number of aliphatic imine (C=N–C) groups is 1. The van der Waals surface area contributed by atoms with Gasteiger partial charge in [-0.25, -0.2) is 4.99 Å². The quantitative estimate of drug-likeness (QED) is 0.559. The minimum Gasteiger partial charge on any atom is -0.370 e. The largest absolute Gasteiger partial charge is 0.370 e. The Labute approximate surface area is 86.4 Å². The van der Waals surface area contributed by atoms with Gasteiger partial charge in [0, 0.05) is 6.20 Å². The third-order valence-corrected chi connectivity index (χ3v) is 1.97. The van der Waals surface area contributed by atoms with E-state index in [1.807, 2.05) is 18.2 Å². The first-order valence-electron chi connectivity index (χ1n) is 4.07. The maximum atomic E-state index is 5.54. The molecule has 0 radical (unpaired) electrons. The van der Waals surface area contributed by atoms with Crippen LogP contribution in [-0.2, 0) is 0 Å². The molecule has 2 heterocycles. The summed E-state index contributed by atoms with van der Waals surface area (Å²) in [6.07, 6.45) is 1.42. The van der Waals surface area contributed by atoms with Crippen LogP contribution in [0.4, 0.5) is 0 Å². The zero-order valence-electron chi connectivity index (χ0n) is 7.27. The first kappa shape index (κ1) is 8.89. The van der Waals surface area contributed by atoms with Crippen molar-refractivity contribution in [2.24, 2.45) is 10.7 Å². The third kappa shape index (κ3) is 1.80. The minimum absolute atomic E-state index is 0.287. The topological polar surface area (TPSA) is 75.3 Å². The zero-order chi connectivity index (χ0) is 9.97. The first-order valence-corrected chi connectivity index (χ1v) is 4.48. The van der Waals surface area contributed by atoms with E-state index in [-0.39, 0.29) is 6.17 Å². The van der Waals surface area contributed by atoms with Crippen molar-refractivity contribution in [3.63, 3.8) is 0 Å². The second kappa shape index (κ2) is 3.59. The van der Waals surface area contributed by atoms with Crippen LogP contribution in [0.5, 0.6) is 0 Å². The van der Waals surface area contributed by atoms with Crippen molar-refractivity contribution in [2.75, 3.05) is 0 Å². The smallest absolute Gasteiger partial charge is 0.197 e. The molecule has 72 valence electrons. The molecule has 1 aromatic heterocycles. The van der Waals surface area contributed by atoms with Gasteiger partial charge in [-0.2, -0.15) is 0 Å². The Morgan fingerprint density at radius 1 is 1.43 bits per heavy atom. The molecule has 4 N–H and O–H groups in total. The summed E-state index contributed by atoms with van der Waals surface area (Å²) < 4.78 is 0. The van der Waals surface area contributed by atoms with E-state index in [1.165, 1.54) is 0 Å². The lowest BCUT2D eigenvalue weighted by molar-refractivity contribution is 0.640. The molecule has 5 nitrogen and oxygen atoms in total. The monoisotopic (exact) mass is 207 g/mol. The predicted octanol–water partition coefficient (Wildman–Crippen LogP) is -0.127. The van der Waals surface area contributed by atoms with Crippen molar-refractivity contribution in [2.45, 2.75) is 6.17 Å². The molecule has 0 amide bonds. The van der Waals surface area contributed by atoms with Crippen LogP contribution in [0, 0.1) is 0 Å². The van der Waals surface area contributed by atoms with Crippen molar-refractivity contribution in [1.82, 2.24) is 15.6 Å². The van der Waals surface area contributed by atoms with Crippen LogP contribution >= 0.6 is 12.2 Å². The maximum Gasteiger partial charge on any atom is 0.197 e. The average Bonchev–Trinajstić information content (AvgIpc) is 2.18. The summed E-state index contributed by atoms with van der Waals surface area (Å²) in [5, 5.41) is 6.12. The highest BCUT2D eigenvalue weighted by molar-refractivity contribution is 7.80. The third-order valence-electron chi connectivity index (χ3n) is 1.75.